The van der Waals surface area contributed by atoms with Gasteiger partial charge < -0.3 is 33.6 Å². The number of aliphatic hydroxyl groups excluding tert-OH is 1. The van der Waals surface area contributed by atoms with Gasteiger partial charge in [-0.05, 0) is 74.4 Å². The van der Waals surface area contributed by atoms with Crippen LogP contribution in [0.2, 0.25) is 0 Å². The number of carbonyl (C=O) groups is 1. The van der Waals surface area contributed by atoms with E-state index in [0.29, 0.717) is 24.3 Å². The maximum absolute atomic E-state index is 15.3. The minimum Gasteiger partial charge on any atom is -0.493 e. The van der Waals surface area contributed by atoms with E-state index in [-0.39, 0.29) is 43.0 Å². The van der Waals surface area contributed by atoms with Crippen molar-refractivity contribution in [3.8, 4) is 11.4 Å². The van der Waals surface area contributed by atoms with Crippen molar-refractivity contribution >= 4 is 25.4 Å². The summed E-state index contributed by atoms with van der Waals surface area (Å²) in [6.07, 6.45) is 2.66. The van der Waals surface area contributed by atoms with Gasteiger partial charge in [0.2, 0.25) is 12.6 Å². The Morgan fingerprint density at radius 2 is 1.63 bits per heavy atom. The first-order valence-electron chi connectivity index (χ1n) is 20.3. The lowest BCUT2D eigenvalue weighted by molar-refractivity contribution is -0.754. The van der Waals surface area contributed by atoms with Crippen LogP contribution in [-0.4, -0.2) is 90.7 Å². The number of carbonyl (C=O) groups excluding carboxylic acids is 1. The van der Waals surface area contributed by atoms with E-state index in [2.05, 4.69) is 24.5 Å². The zero-order chi connectivity index (χ0) is 44.2. The van der Waals surface area contributed by atoms with Gasteiger partial charge >= 0.3 is 19.7 Å². The lowest BCUT2D eigenvalue weighted by atomic mass is 9.87. The molecule has 3 aromatic carbocycles. The molecule has 0 aliphatic carbocycles. The first kappa shape index (κ1) is 44.4. The predicted octanol–water partition coefficient (Wildman–Crippen LogP) is 4.62. The van der Waals surface area contributed by atoms with Gasteiger partial charge in [-0.15, -0.1) is 4.68 Å². The fourth-order valence-corrected chi connectivity index (χ4v) is 8.24. The number of hydrogen-bond acceptors (Lipinski definition) is 12. The molecule has 2 fully saturated rings. The number of aromatic nitrogens is 6. The number of piperazine rings is 1. The van der Waals surface area contributed by atoms with Crippen molar-refractivity contribution in [2.24, 2.45) is 5.92 Å². The molecule has 5 aromatic rings. The van der Waals surface area contributed by atoms with Gasteiger partial charge in [0.05, 0.1) is 31.0 Å². The van der Waals surface area contributed by atoms with Gasteiger partial charge in [-0.1, -0.05) is 19.4 Å². The molecule has 3 N–H and O–H groups in total. The molecule has 0 radical (unpaired) electrons. The van der Waals surface area contributed by atoms with E-state index in [1.165, 1.54) is 50.5 Å². The summed E-state index contributed by atoms with van der Waals surface area (Å²) >= 11 is 0. The summed E-state index contributed by atoms with van der Waals surface area (Å²) in [5, 5.41) is 18.8. The Hall–Kier alpha value is -5.66. The molecule has 2 saturated heterocycles. The first-order valence-corrected chi connectivity index (χ1v) is 21.8. The number of phosphoric ester groups is 1. The third-order valence-electron chi connectivity index (χ3n) is 11.1. The fourth-order valence-electron chi connectivity index (χ4n) is 8.00. The van der Waals surface area contributed by atoms with E-state index in [9.17, 15) is 23.7 Å². The van der Waals surface area contributed by atoms with Crippen LogP contribution in [0.1, 0.15) is 57.9 Å². The van der Waals surface area contributed by atoms with Gasteiger partial charge in [0.25, 0.3) is 6.33 Å². The van der Waals surface area contributed by atoms with E-state index in [0.717, 1.165) is 56.1 Å². The molecular formula is C41H50F2N8O10P+. The Bertz CT molecular complexity index is 2420. The van der Waals surface area contributed by atoms with Crippen LogP contribution in [0.5, 0.6) is 5.75 Å². The van der Waals surface area contributed by atoms with E-state index in [1.54, 1.807) is 6.92 Å². The quantitative estimate of drug-likeness (QED) is 0.0705. The second kappa shape index (κ2) is 18.8. The van der Waals surface area contributed by atoms with Crippen LogP contribution in [0.15, 0.2) is 90.5 Å². The van der Waals surface area contributed by atoms with Crippen LogP contribution in [-0.2, 0) is 30.7 Å². The molecule has 21 heteroatoms. The highest BCUT2D eigenvalue weighted by atomic mass is 31.2. The monoisotopic (exact) mass is 883 g/mol. The number of anilines is 2. The second-order valence-electron chi connectivity index (χ2n) is 15.6. The van der Waals surface area contributed by atoms with E-state index < -0.39 is 43.5 Å². The number of rotatable bonds is 16. The van der Waals surface area contributed by atoms with Crippen molar-refractivity contribution in [3.05, 3.63) is 113 Å². The minimum absolute atomic E-state index is 0.00907. The van der Waals surface area contributed by atoms with Crippen LogP contribution in [0.25, 0.3) is 5.69 Å². The number of halogens is 2. The number of aliphatic hydroxyl groups is 1. The zero-order valence-electron chi connectivity index (χ0n) is 34.4. The molecule has 0 spiro atoms. The molecule has 62 heavy (non-hydrogen) atoms. The van der Waals surface area contributed by atoms with Gasteiger partial charge in [0.15, 0.2) is 0 Å². The topological polar surface area (TPSA) is 200 Å². The van der Waals surface area contributed by atoms with Gasteiger partial charge in [0.1, 0.15) is 35.9 Å². The standard InChI is InChI=1S/C41H49F2N8O10P/c1-4-5-38(28(2)52)51-39(53)50(26-45-51)34-9-7-32(8-10-34)46-16-18-47(19-17-46)33-11-13-35(14-12-33)58-22-30-21-41(59-23-30,36-15-6-31(42)20-37(36)43)24-49-27-48(25-44-49)29(3)60-40(54)61-62(55,56)57/h6-15,20,25-30,38,52H,4-5,16-19,21-24H2,1-3H3,(H-,55,56,57)/p+1/t28-,29?,30+,38-,41-/m0/s1. The Labute approximate surface area is 355 Å². The average Bonchev–Trinajstić information content (AvgIpc) is 3.98. The predicted molar refractivity (Wildman–Crippen MR) is 219 cm³/mol. The molecule has 0 bridgehead atoms. The lowest BCUT2D eigenvalue weighted by Gasteiger charge is -2.37. The summed E-state index contributed by atoms with van der Waals surface area (Å²) in [4.78, 5) is 47.2. The number of nitrogens with zero attached hydrogens (tertiary/aromatic N) is 8. The summed E-state index contributed by atoms with van der Waals surface area (Å²) in [6.45, 7) is 8.72. The molecule has 2 aromatic heterocycles. The van der Waals surface area contributed by atoms with Crippen LogP contribution in [0, 0.1) is 17.6 Å². The molecule has 7 rings (SSSR count). The highest BCUT2D eigenvalue weighted by molar-refractivity contribution is 7.46. The van der Waals surface area contributed by atoms with Crippen molar-refractivity contribution in [2.45, 2.75) is 70.6 Å². The third kappa shape index (κ3) is 10.3. The Kier molecular flexibility index (Phi) is 13.4. The molecule has 1 unspecified atom stereocenters. The molecule has 332 valence electrons. The molecule has 2 aliphatic heterocycles. The van der Waals surface area contributed by atoms with Crippen molar-refractivity contribution in [1.29, 1.82) is 0 Å². The Morgan fingerprint density at radius 1 is 0.984 bits per heavy atom. The van der Waals surface area contributed by atoms with Crippen molar-refractivity contribution in [3.63, 3.8) is 0 Å². The summed E-state index contributed by atoms with van der Waals surface area (Å²) < 4.78 is 67.2. The Morgan fingerprint density at radius 3 is 2.24 bits per heavy atom. The summed E-state index contributed by atoms with van der Waals surface area (Å²) in [5.41, 5.74) is 1.38. The summed E-state index contributed by atoms with van der Waals surface area (Å²) in [7, 11) is -5.11. The number of ether oxygens (including phenoxy) is 3. The van der Waals surface area contributed by atoms with E-state index >= 15 is 4.39 Å². The normalized spacial score (nSPS) is 19.6. The SMILES string of the molecule is CCC[C@@H]([C@H](C)O)n1ncn(-c2ccc(N3CCN(c4ccc(OC[C@@H]5CO[C@@](Cn6c[n+](C(C)OC(=O)OP(=O)(O)O)cn6)(c6ccc(F)cc6F)C5)cc4)CC3)cc2)c1=O. The van der Waals surface area contributed by atoms with Crippen LogP contribution in [0.4, 0.5) is 25.0 Å². The molecule has 0 amide bonds. The van der Waals surface area contributed by atoms with Gasteiger partial charge in [-0.25, -0.2) is 32.2 Å². The molecule has 2 aliphatic rings. The first-order chi connectivity index (χ1) is 29.6. The average molecular weight is 884 g/mol. The Balaban J connectivity index is 0.930. The minimum atomic E-state index is -5.11. The third-order valence-corrected chi connectivity index (χ3v) is 11.5. The van der Waals surface area contributed by atoms with Gasteiger partial charge in [-0.3, -0.25) is 9.79 Å². The highest BCUT2D eigenvalue weighted by Crippen LogP contribution is 2.42. The fraction of sp³-hybridized carbons (Fsp3) is 0.439. The largest absolute Gasteiger partial charge is 0.529 e. The molecule has 4 heterocycles. The van der Waals surface area contributed by atoms with E-state index in [4.69, 9.17) is 24.0 Å². The van der Waals surface area contributed by atoms with Crippen molar-refractivity contribution in [2.75, 3.05) is 49.2 Å². The zero-order valence-corrected chi connectivity index (χ0v) is 35.3. The second-order valence-corrected chi connectivity index (χ2v) is 16.7. The number of hydrogen-bond donors (Lipinski definition) is 3. The number of phosphoric acid groups is 1. The summed E-state index contributed by atoms with van der Waals surface area (Å²) in [6, 6.07) is 18.5. The highest BCUT2D eigenvalue weighted by Gasteiger charge is 2.46. The van der Waals surface area contributed by atoms with Crippen molar-refractivity contribution < 1.29 is 56.3 Å². The molecular weight excluding hydrogens is 833 g/mol. The molecule has 18 nitrogen and oxygen atoms in total. The van der Waals surface area contributed by atoms with Crippen molar-refractivity contribution in [1.82, 2.24) is 24.1 Å². The van der Waals surface area contributed by atoms with Crippen LogP contribution >= 0.6 is 7.82 Å². The maximum Gasteiger partial charge on any atom is 0.529 e. The van der Waals surface area contributed by atoms with E-state index in [1.807, 2.05) is 55.5 Å². The summed E-state index contributed by atoms with van der Waals surface area (Å²) in [5.74, 6) is -1.06. The number of benzene rings is 3. The van der Waals surface area contributed by atoms with Gasteiger partial charge in [0, 0.05) is 67.1 Å². The van der Waals surface area contributed by atoms with Crippen LogP contribution in [0.3, 0.4) is 0 Å². The molecule has 0 saturated carbocycles. The lowest BCUT2D eigenvalue weighted by Crippen LogP contribution is -2.46. The maximum atomic E-state index is 15.3. The molecule has 5 atom stereocenters. The van der Waals surface area contributed by atoms with Crippen LogP contribution < -0.4 is 24.8 Å². The smallest absolute Gasteiger partial charge is 0.493 e. The van der Waals surface area contributed by atoms with Gasteiger partial charge in [-0.2, -0.15) is 9.67 Å².